The Morgan fingerprint density at radius 1 is 1.35 bits per heavy atom. The van der Waals surface area contributed by atoms with Crippen LogP contribution < -0.4 is 10.1 Å². The summed E-state index contributed by atoms with van der Waals surface area (Å²) in [6.07, 6.45) is 0.330. The molecule has 4 nitrogen and oxygen atoms in total. The number of hydrogen-bond donors (Lipinski definition) is 1. The fraction of sp³-hybridized carbons (Fsp3) is 0.462. The van der Waals surface area contributed by atoms with Crippen molar-refractivity contribution in [3.63, 3.8) is 0 Å². The molecule has 17 heavy (non-hydrogen) atoms. The maximum absolute atomic E-state index is 11.4. The lowest BCUT2D eigenvalue weighted by atomic mass is 10.0. The number of nitrogens with one attached hydrogen (secondary N) is 1. The van der Waals surface area contributed by atoms with Crippen LogP contribution >= 0.6 is 0 Å². The molecule has 0 aliphatic carbocycles. The largest absolute Gasteiger partial charge is 0.497 e. The van der Waals surface area contributed by atoms with Gasteiger partial charge in [0.25, 0.3) is 0 Å². The van der Waals surface area contributed by atoms with Crippen molar-refractivity contribution in [3.05, 3.63) is 29.8 Å². The Labute approximate surface area is 102 Å². The van der Waals surface area contributed by atoms with Gasteiger partial charge in [0.05, 0.1) is 20.1 Å². The predicted molar refractivity (Wildman–Crippen MR) is 66.0 cm³/mol. The zero-order valence-corrected chi connectivity index (χ0v) is 10.5. The van der Waals surface area contributed by atoms with Crippen LogP contribution in [0.15, 0.2) is 24.3 Å². The highest BCUT2D eigenvalue weighted by Crippen LogP contribution is 2.20. The molecule has 0 aliphatic heterocycles. The second-order valence-electron chi connectivity index (χ2n) is 3.62. The van der Waals surface area contributed by atoms with E-state index >= 15 is 0 Å². The topological polar surface area (TPSA) is 47.6 Å². The van der Waals surface area contributed by atoms with Gasteiger partial charge >= 0.3 is 5.97 Å². The van der Waals surface area contributed by atoms with Crippen LogP contribution in [0.5, 0.6) is 5.75 Å². The first-order valence-corrected chi connectivity index (χ1v) is 5.68. The highest BCUT2D eigenvalue weighted by Gasteiger charge is 2.14. The molecule has 94 valence electrons. The molecule has 0 bridgehead atoms. The second-order valence-corrected chi connectivity index (χ2v) is 3.62. The first-order valence-electron chi connectivity index (χ1n) is 5.68. The minimum atomic E-state index is -0.192. The number of ether oxygens (including phenoxy) is 2. The molecule has 1 aromatic carbocycles. The summed E-state index contributed by atoms with van der Waals surface area (Å²) in [5.41, 5.74) is 1.04. The molecule has 1 rings (SSSR count). The van der Waals surface area contributed by atoms with E-state index in [1.165, 1.54) is 0 Å². The van der Waals surface area contributed by atoms with Crippen molar-refractivity contribution >= 4 is 5.97 Å². The molecular formula is C13H19NO3. The fourth-order valence-electron chi connectivity index (χ4n) is 1.61. The zero-order valence-electron chi connectivity index (χ0n) is 10.5. The average Bonchev–Trinajstić information content (AvgIpc) is 2.36. The van der Waals surface area contributed by atoms with Crippen molar-refractivity contribution in [1.82, 2.24) is 5.32 Å². The number of carbonyl (C=O) groups is 1. The fourth-order valence-corrected chi connectivity index (χ4v) is 1.61. The van der Waals surface area contributed by atoms with Crippen LogP contribution in [0.25, 0.3) is 0 Å². The van der Waals surface area contributed by atoms with Crippen LogP contribution in [0.1, 0.15) is 24.9 Å². The van der Waals surface area contributed by atoms with Crippen LogP contribution in [-0.2, 0) is 9.53 Å². The molecule has 1 aromatic rings. The Morgan fingerprint density at radius 2 is 2.00 bits per heavy atom. The van der Waals surface area contributed by atoms with E-state index in [2.05, 4.69) is 5.32 Å². The summed E-state index contributed by atoms with van der Waals surface area (Å²) in [6.45, 7) is 2.22. The lowest BCUT2D eigenvalue weighted by Crippen LogP contribution is -2.21. The van der Waals surface area contributed by atoms with E-state index < -0.39 is 0 Å². The summed E-state index contributed by atoms with van der Waals surface area (Å²) >= 11 is 0. The van der Waals surface area contributed by atoms with Crippen molar-refractivity contribution in [3.8, 4) is 5.75 Å². The number of rotatable bonds is 6. The van der Waals surface area contributed by atoms with Gasteiger partial charge in [0.1, 0.15) is 5.75 Å². The molecule has 0 heterocycles. The van der Waals surface area contributed by atoms with Gasteiger partial charge in [-0.1, -0.05) is 12.1 Å². The summed E-state index contributed by atoms with van der Waals surface area (Å²) in [5, 5.41) is 3.10. The van der Waals surface area contributed by atoms with E-state index in [-0.39, 0.29) is 12.0 Å². The Bertz CT molecular complexity index is 348. The Balaban J connectivity index is 2.68. The standard InChI is InChI=1S/C13H19NO3/c1-4-17-13(15)9-12(14-2)10-5-7-11(16-3)8-6-10/h5-8,12,14H,4,9H2,1-3H3. The molecule has 0 aliphatic rings. The van der Waals surface area contributed by atoms with Crippen LogP contribution in [0.2, 0.25) is 0 Å². The van der Waals surface area contributed by atoms with Crippen molar-refractivity contribution in [1.29, 1.82) is 0 Å². The van der Waals surface area contributed by atoms with Gasteiger partial charge in [0.15, 0.2) is 0 Å². The minimum absolute atomic E-state index is 0.0278. The summed E-state index contributed by atoms with van der Waals surface area (Å²) in [4.78, 5) is 11.4. The highest BCUT2D eigenvalue weighted by atomic mass is 16.5. The number of carbonyl (C=O) groups excluding carboxylic acids is 1. The van der Waals surface area contributed by atoms with Gasteiger partial charge in [-0.2, -0.15) is 0 Å². The van der Waals surface area contributed by atoms with E-state index in [1.807, 2.05) is 31.3 Å². The van der Waals surface area contributed by atoms with Crippen molar-refractivity contribution in [2.75, 3.05) is 20.8 Å². The lowest BCUT2D eigenvalue weighted by Gasteiger charge is -2.16. The molecular weight excluding hydrogens is 218 g/mol. The molecule has 0 saturated carbocycles. The molecule has 1 N–H and O–H groups in total. The van der Waals surface area contributed by atoms with Crippen molar-refractivity contribution < 1.29 is 14.3 Å². The van der Waals surface area contributed by atoms with E-state index in [0.717, 1.165) is 11.3 Å². The third-order valence-electron chi connectivity index (χ3n) is 2.54. The minimum Gasteiger partial charge on any atom is -0.497 e. The monoisotopic (exact) mass is 237 g/mol. The third kappa shape index (κ3) is 4.07. The van der Waals surface area contributed by atoms with Crippen LogP contribution in [0.3, 0.4) is 0 Å². The van der Waals surface area contributed by atoms with Crippen molar-refractivity contribution in [2.45, 2.75) is 19.4 Å². The van der Waals surface area contributed by atoms with Gasteiger partial charge in [-0.05, 0) is 31.7 Å². The Hall–Kier alpha value is -1.55. The van der Waals surface area contributed by atoms with Crippen molar-refractivity contribution in [2.24, 2.45) is 0 Å². The first-order chi connectivity index (χ1) is 8.21. The molecule has 0 radical (unpaired) electrons. The van der Waals surface area contributed by atoms with Gasteiger partial charge in [0.2, 0.25) is 0 Å². The normalized spacial score (nSPS) is 11.9. The summed E-state index contributed by atoms with van der Waals surface area (Å²) in [7, 11) is 3.46. The Kier molecular flexibility index (Phi) is 5.49. The molecule has 0 saturated heterocycles. The molecule has 0 amide bonds. The number of benzene rings is 1. The summed E-state index contributed by atoms with van der Waals surface area (Å²) in [6, 6.07) is 7.62. The van der Waals surface area contributed by atoms with E-state index in [1.54, 1.807) is 14.0 Å². The maximum Gasteiger partial charge on any atom is 0.307 e. The molecule has 0 spiro atoms. The highest BCUT2D eigenvalue weighted by molar-refractivity contribution is 5.70. The van der Waals surface area contributed by atoms with Gasteiger partial charge < -0.3 is 14.8 Å². The molecule has 1 atom stereocenters. The van der Waals surface area contributed by atoms with Crippen LogP contribution in [0, 0.1) is 0 Å². The maximum atomic E-state index is 11.4. The zero-order chi connectivity index (χ0) is 12.7. The predicted octanol–water partition coefficient (Wildman–Crippen LogP) is 1.91. The van der Waals surface area contributed by atoms with Crippen LogP contribution in [0.4, 0.5) is 0 Å². The number of esters is 1. The summed E-state index contributed by atoms with van der Waals surface area (Å²) < 4.78 is 10.0. The molecule has 1 unspecified atom stereocenters. The Morgan fingerprint density at radius 3 is 2.47 bits per heavy atom. The van der Waals surface area contributed by atoms with E-state index in [9.17, 15) is 4.79 Å². The number of methoxy groups -OCH3 is 1. The first kappa shape index (κ1) is 13.5. The molecule has 0 aromatic heterocycles. The lowest BCUT2D eigenvalue weighted by molar-refractivity contribution is -0.143. The van der Waals surface area contributed by atoms with E-state index in [4.69, 9.17) is 9.47 Å². The average molecular weight is 237 g/mol. The quantitative estimate of drug-likeness (QED) is 0.768. The SMILES string of the molecule is CCOC(=O)CC(NC)c1ccc(OC)cc1. The van der Waals surface area contributed by atoms with Crippen LogP contribution in [-0.4, -0.2) is 26.7 Å². The summed E-state index contributed by atoms with van der Waals surface area (Å²) in [5.74, 6) is 0.613. The molecule has 0 fully saturated rings. The van der Waals surface area contributed by atoms with Gasteiger partial charge in [-0.3, -0.25) is 4.79 Å². The molecule has 4 heteroatoms. The van der Waals surface area contributed by atoms with E-state index in [0.29, 0.717) is 13.0 Å². The smallest absolute Gasteiger partial charge is 0.307 e. The van der Waals surface area contributed by atoms with Gasteiger partial charge in [-0.25, -0.2) is 0 Å². The number of hydrogen-bond acceptors (Lipinski definition) is 4. The van der Waals surface area contributed by atoms with Gasteiger partial charge in [-0.15, -0.1) is 0 Å². The second kappa shape index (κ2) is 6.91. The van der Waals surface area contributed by atoms with Gasteiger partial charge in [0, 0.05) is 6.04 Å². The third-order valence-corrected chi connectivity index (χ3v) is 2.54.